The van der Waals surface area contributed by atoms with Crippen LogP contribution in [0.3, 0.4) is 0 Å². The van der Waals surface area contributed by atoms with Crippen molar-refractivity contribution < 1.29 is 23.5 Å². The minimum Gasteiger partial charge on any atom is -0.454 e. The molecule has 0 atom stereocenters. The highest BCUT2D eigenvalue weighted by atomic mass is 16.7. The summed E-state index contributed by atoms with van der Waals surface area (Å²) in [6.45, 7) is 0.0955. The molecule has 1 aliphatic heterocycles. The third kappa shape index (κ3) is 3.56. The molecule has 0 radical (unpaired) electrons. The number of carbonyl (C=O) groups excluding carboxylic acids is 1. The van der Waals surface area contributed by atoms with Crippen molar-refractivity contribution in [3.05, 3.63) is 66.1 Å². The van der Waals surface area contributed by atoms with Gasteiger partial charge in [-0.3, -0.25) is 0 Å². The van der Waals surface area contributed by atoms with Crippen LogP contribution in [0.1, 0.15) is 11.5 Å². The molecular weight excluding hydrogens is 336 g/mol. The van der Waals surface area contributed by atoms with Gasteiger partial charge in [-0.15, -0.1) is 0 Å². The Morgan fingerprint density at radius 3 is 2.85 bits per heavy atom. The van der Waals surface area contributed by atoms with Crippen molar-refractivity contribution in [3.8, 4) is 22.9 Å². The first kappa shape index (κ1) is 15.9. The number of nitrogens with zero attached hydrogens (tertiary/aromatic N) is 2. The van der Waals surface area contributed by atoms with E-state index in [-0.39, 0.29) is 19.3 Å². The number of aromatic nitrogens is 2. The highest BCUT2D eigenvalue weighted by molar-refractivity contribution is 5.86. The molecule has 1 aliphatic rings. The maximum atomic E-state index is 11.8. The number of benzene rings is 2. The van der Waals surface area contributed by atoms with Gasteiger partial charge in [-0.1, -0.05) is 35.5 Å². The molecule has 130 valence electrons. The highest BCUT2D eigenvalue weighted by Crippen LogP contribution is 2.35. The third-order valence-corrected chi connectivity index (χ3v) is 3.65. The van der Waals surface area contributed by atoms with Gasteiger partial charge in [0, 0.05) is 11.6 Å². The molecule has 0 saturated carbocycles. The molecule has 4 rings (SSSR count). The van der Waals surface area contributed by atoms with Crippen LogP contribution < -0.4 is 9.47 Å². The number of rotatable bonds is 5. The second-order valence-corrected chi connectivity index (χ2v) is 5.43. The minimum absolute atomic E-state index is 0.102. The zero-order valence-electron chi connectivity index (χ0n) is 13.6. The van der Waals surface area contributed by atoms with Crippen molar-refractivity contribution in [1.82, 2.24) is 10.1 Å². The Bertz CT molecular complexity index is 950. The Balaban J connectivity index is 1.36. The van der Waals surface area contributed by atoms with Crippen molar-refractivity contribution in [2.75, 3.05) is 6.79 Å². The summed E-state index contributed by atoms with van der Waals surface area (Å²) in [5, 5.41) is 3.89. The summed E-state index contributed by atoms with van der Waals surface area (Å²) in [6, 6.07) is 14.8. The summed E-state index contributed by atoms with van der Waals surface area (Å²) >= 11 is 0. The fraction of sp³-hybridized carbons (Fsp3) is 0.105. The molecule has 0 saturated heterocycles. The summed E-state index contributed by atoms with van der Waals surface area (Å²) in [7, 11) is 0. The van der Waals surface area contributed by atoms with E-state index in [1.165, 1.54) is 6.08 Å². The highest BCUT2D eigenvalue weighted by Gasteiger charge is 2.16. The molecule has 0 spiro atoms. The molecule has 7 nitrogen and oxygen atoms in total. The Kier molecular flexibility index (Phi) is 4.34. The summed E-state index contributed by atoms with van der Waals surface area (Å²) in [4.78, 5) is 16.0. The maximum absolute atomic E-state index is 11.8. The van der Waals surface area contributed by atoms with E-state index in [4.69, 9.17) is 18.7 Å². The van der Waals surface area contributed by atoms with Crippen LogP contribution in [0.4, 0.5) is 0 Å². The van der Waals surface area contributed by atoms with Gasteiger partial charge < -0.3 is 18.7 Å². The first-order chi connectivity index (χ1) is 12.8. The van der Waals surface area contributed by atoms with Crippen LogP contribution in [0.5, 0.6) is 11.5 Å². The van der Waals surface area contributed by atoms with Crippen molar-refractivity contribution in [1.29, 1.82) is 0 Å². The normalized spacial score (nSPS) is 12.5. The summed E-state index contributed by atoms with van der Waals surface area (Å²) in [5.74, 6) is 1.41. The molecule has 0 N–H and O–H groups in total. The third-order valence-electron chi connectivity index (χ3n) is 3.65. The maximum Gasteiger partial charge on any atom is 0.331 e. The molecule has 0 aliphatic carbocycles. The Labute approximate surface area is 148 Å². The smallest absolute Gasteiger partial charge is 0.331 e. The molecule has 1 aromatic heterocycles. The van der Waals surface area contributed by atoms with Gasteiger partial charge in [0.15, 0.2) is 18.1 Å². The zero-order valence-corrected chi connectivity index (χ0v) is 13.6. The average molecular weight is 350 g/mol. The van der Waals surface area contributed by atoms with Crippen LogP contribution >= 0.6 is 0 Å². The number of fused-ring (bicyclic) bond motifs is 1. The molecule has 2 aromatic carbocycles. The van der Waals surface area contributed by atoms with Gasteiger partial charge >= 0.3 is 5.97 Å². The molecule has 2 heterocycles. The molecule has 0 amide bonds. The van der Waals surface area contributed by atoms with Gasteiger partial charge in [0.05, 0.1) is 0 Å². The fourth-order valence-corrected chi connectivity index (χ4v) is 2.38. The predicted octanol–water partition coefficient (Wildman–Crippen LogP) is 3.22. The quantitative estimate of drug-likeness (QED) is 0.516. The van der Waals surface area contributed by atoms with Gasteiger partial charge in [0.25, 0.3) is 5.89 Å². The van der Waals surface area contributed by atoms with Crippen LogP contribution in [0.25, 0.3) is 17.5 Å². The molecular formula is C19H14N2O5. The van der Waals surface area contributed by atoms with Crippen molar-refractivity contribution in [3.63, 3.8) is 0 Å². The van der Waals surface area contributed by atoms with Crippen LogP contribution in [-0.2, 0) is 16.1 Å². The Morgan fingerprint density at radius 1 is 1.12 bits per heavy atom. The molecule has 3 aromatic rings. The van der Waals surface area contributed by atoms with E-state index < -0.39 is 5.97 Å². The number of hydrogen-bond acceptors (Lipinski definition) is 7. The van der Waals surface area contributed by atoms with Crippen molar-refractivity contribution in [2.45, 2.75) is 6.61 Å². The summed E-state index contributed by atoms with van der Waals surface area (Å²) in [5.41, 5.74) is 1.63. The van der Waals surface area contributed by atoms with Crippen LogP contribution in [0, 0.1) is 0 Å². The van der Waals surface area contributed by atoms with Crippen LogP contribution in [-0.4, -0.2) is 22.9 Å². The zero-order chi connectivity index (χ0) is 17.8. The van der Waals surface area contributed by atoms with E-state index >= 15 is 0 Å². The fourth-order valence-electron chi connectivity index (χ4n) is 2.38. The van der Waals surface area contributed by atoms with Crippen LogP contribution in [0.2, 0.25) is 0 Å². The molecule has 7 heteroatoms. The largest absolute Gasteiger partial charge is 0.454 e. The first-order valence-electron chi connectivity index (χ1n) is 7.90. The predicted molar refractivity (Wildman–Crippen MR) is 91.1 cm³/mol. The molecule has 0 fully saturated rings. The van der Waals surface area contributed by atoms with Gasteiger partial charge in [0.2, 0.25) is 12.6 Å². The number of hydrogen-bond donors (Lipinski definition) is 0. The van der Waals surface area contributed by atoms with Crippen LogP contribution in [0.15, 0.2) is 59.1 Å². The second-order valence-electron chi connectivity index (χ2n) is 5.43. The topological polar surface area (TPSA) is 83.7 Å². The summed E-state index contributed by atoms with van der Waals surface area (Å²) < 4.78 is 20.8. The monoisotopic (exact) mass is 350 g/mol. The molecule has 0 unspecified atom stereocenters. The van der Waals surface area contributed by atoms with E-state index in [9.17, 15) is 4.79 Å². The molecule has 26 heavy (non-hydrogen) atoms. The second kappa shape index (κ2) is 7.10. The SMILES string of the molecule is O=C(C=Cc1ccccc1)OCc1nc(-c2ccc3c(c2)OCO3)no1. The van der Waals surface area contributed by atoms with Gasteiger partial charge in [-0.05, 0) is 29.8 Å². The average Bonchev–Trinajstić information content (AvgIpc) is 3.34. The van der Waals surface area contributed by atoms with E-state index in [0.717, 1.165) is 11.1 Å². The van der Waals surface area contributed by atoms with Crippen molar-refractivity contribution >= 4 is 12.0 Å². The standard InChI is InChI=1S/C19H14N2O5/c22-18(9-6-13-4-2-1-3-5-13)23-11-17-20-19(21-26-17)14-7-8-15-16(10-14)25-12-24-15/h1-10H,11-12H2. The van der Waals surface area contributed by atoms with E-state index in [0.29, 0.717) is 17.3 Å². The number of ether oxygens (including phenoxy) is 3. The lowest BCUT2D eigenvalue weighted by molar-refractivity contribution is -0.139. The Morgan fingerprint density at radius 2 is 1.96 bits per heavy atom. The summed E-state index contributed by atoms with van der Waals surface area (Å²) in [6.07, 6.45) is 3.03. The van der Waals surface area contributed by atoms with Crippen molar-refractivity contribution in [2.24, 2.45) is 0 Å². The minimum atomic E-state index is -0.489. The van der Waals surface area contributed by atoms with E-state index in [1.54, 1.807) is 24.3 Å². The van der Waals surface area contributed by atoms with E-state index in [1.807, 2.05) is 30.3 Å². The van der Waals surface area contributed by atoms with Gasteiger partial charge in [0.1, 0.15) is 0 Å². The number of esters is 1. The van der Waals surface area contributed by atoms with Gasteiger partial charge in [-0.2, -0.15) is 4.98 Å². The number of carbonyl (C=O) groups is 1. The lowest BCUT2D eigenvalue weighted by Crippen LogP contribution is -2.00. The lowest BCUT2D eigenvalue weighted by Gasteiger charge is -1.98. The first-order valence-corrected chi connectivity index (χ1v) is 7.90. The van der Waals surface area contributed by atoms with E-state index in [2.05, 4.69) is 10.1 Å². The van der Waals surface area contributed by atoms with Gasteiger partial charge in [-0.25, -0.2) is 4.79 Å². The Hall–Kier alpha value is -3.61. The molecule has 0 bridgehead atoms. The lowest BCUT2D eigenvalue weighted by atomic mass is 10.2.